The maximum absolute atomic E-state index is 9.29. The van der Waals surface area contributed by atoms with Crippen molar-refractivity contribution in [3.05, 3.63) is 114 Å². The fourth-order valence-corrected chi connectivity index (χ4v) is 8.47. The number of nitriles is 1. The molecule has 0 aliphatic heterocycles. The molecule has 0 N–H and O–H groups in total. The smallest absolute Gasteiger partial charge is 0.259 e. The average molecular weight is 713 g/mol. The summed E-state index contributed by atoms with van der Waals surface area (Å²) in [6, 6.07) is 30.7. The molecular weight excluding hydrogens is 663 g/mol. The molecule has 1 aromatic heterocycles. The molecule has 1 aliphatic rings. The van der Waals surface area contributed by atoms with E-state index in [2.05, 4.69) is 84.8 Å². The van der Waals surface area contributed by atoms with E-state index in [4.69, 9.17) is 28.0 Å². The Hall–Kier alpha value is -4.10. The number of rotatable bonds is 18. The Morgan fingerprint density at radius 1 is 0.843 bits per heavy atom. The molecule has 1 saturated carbocycles. The van der Waals surface area contributed by atoms with Crippen LogP contribution in [0.1, 0.15) is 63.6 Å². The minimum Gasteiger partial charge on any atom is -0.497 e. The summed E-state index contributed by atoms with van der Waals surface area (Å²) in [5.41, 5.74) is 1.91. The summed E-state index contributed by atoms with van der Waals surface area (Å²) < 4.78 is 40.4. The second-order valence-electron chi connectivity index (χ2n) is 13.0. The van der Waals surface area contributed by atoms with Gasteiger partial charge < -0.3 is 28.0 Å². The number of nitrogens with zero attached hydrogens (tertiary/aromatic N) is 4. The minimum atomic E-state index is -1.49. The molecule has 0 saturated heterocycles. The van der Waals surface area contributed by atoms with Crippen molar-refractivity contribution >= 4 is 8.53 Å². The molecule has 1 aliphatic carbocycles. The molecule has 0 amide bonds. The Morgan fingerprint density at radius 2 is 1.45 bits per heavy atom. The van der Waals surface area contributed by atoms with Crippen LogP contribution in [0.15, 0.2) is 97.5 Å². The Morgan fingerprint density at radius 3 is 1.98 bits per heavy atom. The topological polar surface area (TPSA) is 108 Å². The van der Waals surface area contributed by atoms with E-state index in [1.807, 2.05) is 42.5 Å². The molecule has 0 radical (unpaired) electrons. The first-order valence-electron chi connectivity index (χ1n) is 17.4. The molecule has 5 rings (SSSR count). The van der Waals surface area contributed by atoms with Crippen LogP contribution in [0.5, 0.6) is 17.4 Å². The van der Waals surface area contributed by atoms with Crippen LogP contribution >= 0.6 is 8.53 Å². The minimum absolute atomic E-state index is 0.0674. The summed E-state index contributed by atoms with van der Waals surface area (Å²) >= 11 is 0. The highest BCUT2D eigenvalue weighted by Crippen LogP contribution is 2.51. The fourth-order valence-electron chi connectivity index (χ4n) is 6.67. The summed E-state index contributed by atoms with van der Waals surface area (Å²) in [5.74, 6) is 1.97. The summed E-state index contributed by atoms with van der Waals surface area (Å²) in [4.78, 5) is 8.37. The third-order valence-electron chi connectivity index (χ3n) is 9.00. The maximum Gasteiger partial charge on any atom is 0.259 e. The van der Waals surface area contributed by atoms with Crippen LogP contribution < -0.4 is 14.2 Å². The summed E-state index contributed by atoms with van der Waals surface area (Å²) in [6.07, 6.45) is 4.31. The van der Waals surface area contributed by atoms with Gasteiger partial charge in [0, 0.05) is 36.7 Å². The summed E-state index contributed by atoms with van der Waals surface area (Å²) in [5, 5.41) is 9.29. The first-order valence-corrected chi connectivity index (χ1v) is 18.6. The van der Waals surface area contributed by atoms with E-state index in [1.54, 1.807) is 26.5 Å². The lowest BCUT2D eigenvalue weighted by atomic mass is 9.80. The molecule has 10 nitrogen and oxygen atoms in total. The molecule has 11 heteroatoms. The van der Waals surface area contributed by atoms with Crippen LogP contribution in [0.25, 0.3) is 0 Å². The molecule has 4 atom stereocenters. The van der Waals surface area contributed by atoms with Crippen LogP contribution in [-0.4, -0.2) is 66.4 Å². The average Bonchev–Trinajstić information content (AvgIpc) is 3.53. The molecule has 51 heavy (non-hydrogen) atoms. The van der Waals surface area contributed by atoms with E-state index in [1.165, 1.54) is 6.33 Å². The zero-order valence-corrected chi connectivity index (χ0v) is 31.2. The van der Waals surface area contributed by atoms with Crippen LogP contribution in [0.4, 0.5) is 0 Å². The standard InChI is InChI=1S/C40H49N4O6P/c1-29(2)44(30(3)4)51(48-24-10-22-41)50-38-26-37(49-39-21-23-42-28-43-39)25-31(38)27-47-40(32-11-8-7-9-12-32,33-13-17-35(45-5)18-14-33)34-15-19-36(46-6)20-16-34/h7-9,11-21,23,28-31,37-38H,10,24-27H2,1-6H3/t31-,37-,38+,51?/m1/s1. The lowest BCUT2D eigenvalue weighted by molar-refractivity contribution is -0.0278. The second-order valence-corrected chi connectivity index (χ2v) is 14.4. The molecule has 1 fully saturated rings. The predicted molar refractivity (Wildman–Crippen MR) is 198 cm³/mol. The third kappa shape index (κ3) is 9.42. The van der Waals surface area contributed by atoms with Gasteiger partial charge in [-0.3, -0.25) is 0 Å². The van der Waals surface area contributed by atoms with Crippen molar-refractivity contribution in [2.24, 2.45) is 5.92 Å². The lowest BCUT2D eigenvalue weighted by Crippen LogP contribution is -2.37. The zero-order valence-electron chi connectivity index (χ0n) is 30.3. The number of methoxy groups -OCH3 is 2. The van der Waals surface area contributed by atoms with Crippen molar-refractivity contribution in [3.8, 4) is 23.4 Å². The first-order chi connectivity index (χ1) is 24.8. The Balaban J connectivity index is 1.54. The lowest BCUT2D eigenvalue weighted by Gasteiger charge is -2.39. The van der Waals surface area contributed by atoms with Gasteiger partial charge in [0.25, 0.3) is 8.53 Å². The van der Waals surface area contributed by atoms with Gasteiger partial charge in [-0.2, -0.15) is 5.26 Å². The van der Waals surface area contributed by atoms with Crippen molar-refractivity contribution in [1.29, 1.82) is 5.26 Å². The van der Waals surface area contributed by atoms with E-state index in [-0.39, 0.29) is 36.6 Å². The monoisotopic (exact) mass is 712 g/mol. The van der Waals surface area contributed by atoms with Gasteiger partial charge >= 0.3 is 0 Å². The number of aromatic nitrogens is 2. The summed E-state index contributed by atoms with van der Waals surface area (Å²) in [7, 11) is 1.84. The van der Waals surface area contributed by atoms with Gasteiger partial charge in [0.05, 0.1) is 46.0 Å². The van der Waals surface area contributed by atoms with Crippen LogP contribution in [0, 0.1) is 17.2 Å². The van der Waals surface area contributed by atoms with Crippen molar-refractivity contribution in [1.82, 2.24) is 14.6 Å². The van der Waals surface area contributed by atoms with Crippen molar-refractivity contribution in [3.63, 3.8) is 0 Å². The van der Waals surface area contributed by atoms with E-state index >= 15 is 0 Å². The quantitative estimate of drug-likeness (QED) is 0.0568. The van der Waals surface area contributed by atoms with Crippen molar-refractivity contribution in [2.75, 3.05) is 27.4 Å². The van der Waals surface area contributed by atoms with Gasteiger partial charge in [0.15, 0.2) is 0 Å². The zero-order chi connectivity index (χ0) is 36.2. The molecule has 1 unspecified atom stereocenters. The number of hydrogen-bond donors (Lipinski definition) is 0. The van der Waals surface area contributed by atoms with E-state index in [0.29, 0.717) is 31.9 Å². The van der Waals surface area contributed by atoms with E-state index < -0.39 is 14.1 Å². The van der Waals surface area contributed by atoms with Crippen LogP contribution in [0.2, 0.25) is 0 Å². The summed E-state index contributed by atoms with van der Waals surface area (Å²) in [6.45, 7) is 9.20. The van der Waals surface area contributed by atoms with Gasteiger partial charge in [-0.1, -0.05) is 54.6 Å². The third-order valence-corrected chi connectivity index (χ3v) is 11.2. The number of benzene rings is 3. The second kappa shape index (κ2) is 18.4. The van der Waals surface area contributed by atoms with Gasteiger partial charge in [-0.25, -0.2) is 14.6 Å². The molecular formula is C40H49N4O6P. The van der Waals surface area contributed by atoms with Crippen LogP contribution in [-0.2, 0) is 19.4 Å². The normalized spacial score (nSPS) is 18.2. The fraction of sp³-hybridized carbons (Fsp3) is 0.425. The highest BCUT2D eigenvalue weighted by atomic mass is 31.2. The highest BCUT2D eigenvalue weighted by Gasteiger charge is 2.44. The van der Waals surface area contributed by atoms with E-state index in [0.717, 1.165) is 28.2 Å². The van der Waals surface area contributed by atoms with Gasteiger partial charge in [-0.05, 0) is 75.1 Å². The molecule has 4 aromatic rings. The van der Waals surface area contributed by atoms with E-state index in [9.17, 15) is 5.26 Å². The molecule has 270 valence electrons. The maximum atomic E-state index is 9.29. The van der Waals surface area contributed by atoms with Gasteiger partial charge in [0.2, 0.25) is 5.88 Å². The highest BCUT2D eigenvalue weighted by molar-refractivity contribution is 7.44. The SMILES string of the molecule is COc1ccc(C(OC[C@H]2C[C@@H](Oc3ccncn3)C[C@@H]2OP(OCCC#N)N(C(C)C)C(C)C)(c2ccccc2)c2ccc(OC)cc2)cc1. The van der Waals surface area contributed by atoms with Crippen LogP contribution in [0.3, 0.4) is 0 Å². The molecule has 1 heterocycles. The first kappa shape index (κ1) is 38.1. The molecule has 0 spiro atoms. The predicted octanol–water partition coefficient (Wildman–Crippen LogP) is 8.32. The Kier molecular flexibility index (Phi) is 13.8. The largest absolute Gasteiger partial charge is 0.497 e. The van der Waals surface area contributed by atoms with Crippen molar-refractivity contribution in [2.45, 2.75) is 76.9 Å². The van der Waals surface area contributed by atoms with Gasteiger partial charge in [-0.15, -0.1) is 0 Å². The Labute approximate surface area is 303 Å². The number of hydrogen-bond acceptors (Lipinski definition) is 10. The molecule has 0 bridgehead atoms. The molecule has 3 aromatic carbocycles. The number of ether oxygens (including phenoxy) is 4. The Bertz CT molecular complexity index is 1600. The van der Waals surface area contributed by atoms with Crippen molar-refractivity contribution < 1.29 is 28.0 Å². The van der Waals surface area contributed by atoms with Gasteiger partial charge in [0.1, 0.15) is 29.5 Å².